The zero-order valence-electron chi connectivity index (χ0n) is 11.4. The molecule has 0 bridgehead atoms. The Balaban J connectivity index is 4.36. The molecular formula is C14H26O2. The quantitative estimate of drug-likeness (QED) is 0.506. The van der Waals surface area contributed by atoms with Crippen molar-refractivity contribution in [2.75, 3.05) is 6.61 Å². The van der Waals surface area contributed by atoms with Crippen molar-refractivity contribution in [1.29, 1.82) is 0 Å². The van der Waals surface area contributed by atoms with Gasteiger partial charge < -0.3 is 4.74 Å². The second-order valence-corrected chi connectivity index (χ2v) is 5.23. The Morgan fingerprint density at radius 3 is 2.38 bits per heavy atom. The summed E-state index contributed by atoms with van der Waals surface area (Å²) in [6.07, 6.45) is 7.12. The molecule has 0 aliphatic carbocycles. The fraction of sp³-hybridized carbons (Fsp3) is 0.786. The number of rotatable bonds is 6. The summed E-state index contributed by atoms with van der Waals surface area (Å²) < 4.78 is 4.88. The van der Waals surface area contributed by atoms with Gasteiger partial charge in [-0.15, -0.1) is 0 Å². The van der Waals surface area contributed by atoms with E-state index in [4.69, 9.17) is 4.74 Å². The molecule has 0 aromatic heterocycles. The number of hydrogen-bond acceptors (Lipinski definition) is 2. The molecular weight excluding hydrogens is 200 g/mol. The Kier molecular flexibility index (Phi) is 7.11. The van der Waals surface area contributed by atoms with Crippen LogP contribution in [0.4, 0.5) is 0 Å². The molecule has 0 spiro atoms. The predicted octanol–water partition coefficient (Wildman–Crippen LogP) is 3.96. The van der Waals surface area contributed by atoms with Crippen LogP contribution in [0.3, 0.4) is 0 Å². The van der Waals surface area contributed by atoms with Crippen LogP contribution in [-0.4, -0.2) is 12.6 Å². The van der Waals surface area contributed by atoms with Crippen molar-refractivity contribution in [2.24, 2.45) is 11.3 Å². The van der Waals surface area contributed by atoms with Crippen molar-refractivity contribution in [3.05, 3.63) is 12.2 Å². The molecule has 0 N–H and O–H groups in total. The van der Waals surface area contributed by atoms with Crippen molar-refractivity contribution in [3.8, 4) is 0 Å². The van der Waals surface area contributed by atoms with Crippen molar-refractivity contribution >= 4 is 5.97 Å². The number of allylic oxidation sites excluding steroid dienone is 1. The van der Waals surface area contributed by atoms with Crippen LogP contribution >= 0.6 is 0 Å². The van der Waals surface area contributed by atoms with Crippen molar-refractivity contribution in [2.45, 2.75) is 53.9 Å². The van der Waals surface area contributed by atoms with Gasteiger partial charge in [0.15, 0.2) is 0 Å². The van der Waals surface area contributed by atoms with Crippen LogP contribution in [0.5, 0.6) is 0 Å². The highest BCUT2D eigenvalue weighted by molar-refractivity contribution is 5.81. The first-order valence-electron chi connectivity index (χ1n) is 6.26. The highest BCUT2D eigenvalue weighted by Gasteiger charge is 2.21. The SMILES string of the molecule is CCCCC(/C=C\C(=O)OCC)C(C)(C)C. The summed E-state index contributed by atoms with van der Waals surface area (Å²) in [4.78, 5) is 11.2. The Labute approximate surface area is 100 Å². The van der Waals surface area contributed by atoms with E-state index in [1.807, 2.05) is 13.0 Å². The number of esters is 1. The molecule has 0 aliphatic heterocycles. The second-order valence-electron chi connectivity index (χ2n) is 5.23. The van der Waals surface area contributed by atoms with Gasteiger partial charge in [0.2, 0.25) is 0 Å². The van der Waals surface area contributed by atoms with Crippen LogP contribution in [0.1, 0.15) is 53.9 Å². The fourth-order valence-corrected chi connectivity index (χ4v) is 1.63. The monoisotopic (exact) mass is 226 g/mol. The Bertz CT molecular complexity index is 223. The molecule has 2 heteroatoms. The maximum absolute atomic E-state index is 11.2. The molecule has 0 radical (unpaired) electrons. The van der Waals surface area contributed by atoms with Crippen LogP contribution in [0.15, 0.2) is 12.2 Å². The van der Waals surface area contributed by atoms with E-state index in [9.17, 15) is 4.79 Å². The molecule has 16 heavy (non-hydrogen) atoms. The molecule has 0 aromatic carbocycles. The molecule has 2 nitrogen and oxygen atoms in total. The molecule has 0 aromatic rings. The third-order valence-electron chi connectivity index (χ3n) is 2.73. The van der Waals surface area contributed by atoms with E-state index in [1.54, 1.807) is 6.08 Å². The normalized spacial score (nSPS) is 14.1. The van der Waals surface area contributed by atoms with E-state index in [0.29, 0.717) is 12.5 Å². The second kappa shape index (κ2) is 7.48. The topological polar surface area (TPSA) is 26.3 Å². The minimum atomic E-state index is -0.228. The molecule has 0 aliphatic rings. The van der Waals surface area contributed by atoms with E-state index in [-0.39, 0.29) is 11.4 Å². The fourth-order valence-electron chi connectivity index (χ4n) is 1.63. The predicted molar refractivity (Wildman–Crippen MR) is 68.2 cm³/mol. The average Bonchev–Trinajstić information content (AvgIpc) is 2.16. The Morgan fingerprint density at radius 2 is 1.94 bits per heavy atom. The van der Waals surface area contributed by atoms with Crippen molar-refractivity contribution < 1.29 is 9.53 Å². The summed E-state index contributed by atoms with van der Waals surface area (Å²) in [6.45, 7) is 11.1. The average molecular weight is 226 g/mol. The molecule has 0 saturated carbocycles. The van der Waals surface area contributed by atoms with Crippen molar-refractivity contribution in [3.63, 3.8) is 0 Å². The van der Waals surface area contributed by atoms with Gasteiger partial charge in [0.25, 0.3) is 0 Å². The van der Waals surface area contributed by atoms with Crippen LogP contribution in [0.2, 0.25) is 0 Å². The van der Waals surface area contributed by atoms with Gasteiger partial charge in [0.05, 0.1) is 6.61 Å². The van der Waals surface area contributed by atoms with E-state index >= 15 is 0 Å². The largest absolute Gasteiger partial charge is 0.463 e. The summed E-state index contributed by atoms with van der Waals surface area (Å²) in [6, 6.07) is 0. The molecule has 0 saturated heterocycles. The van der Waals surface area contributed by atoms with E-state index in [0.717, 1.165) is 6.42 Å². The highest BCUT2D eigenvalue weighted by Crippen LogP contribution is 2.31. The lowest BCUT2D eigenvalue weighted by Crippen LogP contribution is -2.18. The third-order valence-corrected chi connectivity index (χ3v) is 2.73. The zero-order chi connectivity index (χ0) is 12.6. The highest BCUT2D eigenvalue weighted by atomic mass is 16.5. The van der Waals surface area contributed by atoms with Gasteiger partial charge in [-0.3, -0.25) is 0 Å². The first kappa shape index (κ1) is 15.2. The standard InChI is InChI=1S/C14H26O2/c1-6-8-9-12(14(3,4)5)10-11-13(15)16-7-2/h10-12H,6-9H2,1-5H3/b11-10-. The van der Waals surface area contributed by atoms with Gasteiger partial charge in [0, 0.05) is 6.08 Å². The lowest BCUT2D eigenvalue weighted by atomic mass is 9.77. The van der Waals surface area contributed by atoms with E-state index in [2.05, 4.69) is 27.7 Å². The van der Waals surface area contributed by atoms with Gasteiger partial charge >= 0.3 is 5.97 Å². The van der Waals surface area contributed by atoms with Gasteiger partial charge in [-0.1, -0.05) is 46.6 Å². The molecule has 0 heterocycles. The van der Waals surface area contributed by atoms with Crippen molar-refractivity contribution in [1.82, 2.24) is 0 Å². The smallest absolute Gasteiger partial charge is 0.330 e. The first-order chi connectivity index (χ1) is 7.41. The first-order valence-corrected chi connectivity index (χ1v) is 6.26. The lowest BCUT2D eigenvalue weighted by molar-refractivity contribution is -0.137. The maximum atomic E-state index is 11.2. The van der Waals surface area contributed by atoms with Crippen LogP contribution in [0.25, 0.3) is 0 Å². The van der Waals surface area contributed by atoms with Gasteiger partial charge in [-0.25, -0.2) is 4.79 Å². The summed E-state index contributed by atoms with van der Waals surface area (Å²) in [5.74, 6) is 0.213. The molecule has 94 valence electrons. The minimum Gasteiger partial charge on any atom is -0.463 e. The molecule has 0 fully saturated rings. The van der Waals surface area contributed by atoms with Gasteiger partial charge in [0.1, 0.15) is 0 Å². The number of unbranched alkanes of at least 4 members (excludes halogenated alkanes) is 1. The maximum Gasteiger partial charge on any atom is 0.330 e. The zero-order valence-corrected chi connectivity index (χ0v) is 11.4. The van der Waals surface area contributed by atoms with Gasteiger partial charge in [-0.2, -0.15) is 0 Å². The minimum absolute atomic E-state index is 0.207. The van der Waals surface area contributed by atoms with E-state index < -0.39 is 0 Å². The molecule has 0 amide bonds. The molecule has 1 unspecified atom stereocenters. The summed E-state index contributed by atoms with van der Waals surface area (Å²) >= 11 is 0. The van der Waals surface area contributed by atoms with Crippen LogP contribution in [-0.2, 0) is 9.53 Å². The molecule has 0 rings (SSSR count). The van der Waals surface area contributed by atoms with Crippen LogP contribution < -0.4 is 0 Å². The number of carbonyl (C=O) groups excluding carboxylic acids is 1. The van der Waals surface area contributed by atoms with Crippen LogP contribution in [0, 0.1) is 11.3 Å². The van der Waals surface area contributed by atoms with Gasteiger partial charge in [-0.05, 0) is 24.7 Å². The summed E-state index contributed by atoms with van der Waals surface area (Å²) in [7, 11) is 0. The summed E-state index contributed by atoms with van der Waals surface area (Å²) in [5.41, 5.74) is 0.207. The lowest BCUT2D eigenvalue weighted by Gasteiger charge is -2.28. The number of hydrogen-bond donors (Lipinski definition) is 0. The van der Waals surface area contributed by atoms with E-state index in [1.165, 1.54) is 12.8 Å². The third kappa shape index (κ3) is 6.65. The summed E-state index contributed by atoms with van der Waals surface area (Å²) in [5, 5.41) is 0. The number of ether oxygens (including phenoxy) is 1. The number of carbonyl (C=O) groups is 1. The molecule has 1 atom stereocenters. The Hall–Kier alpha value is -0.790. The Morgan fingerprint density at radius 1 is 1.31 bits per heavy atom.